The van der Waals surface area contributed by atoms with E-state index in [4.69, 9.17) is 21.1 Å². The molecule has 0 radical (unpaired) electrons. The normalized spacial score (nSPS) is 11.2. The molecule has 0 aliphatic carbocycles. The van der Waals surface area contributed by atoms with Crippen molar-refractivity contribution in [3.05, 3.63) is 20.7 Å². The molecule has 0 atom stereocenters. The summed E-state index contributed by atoms with van der Waals surface area (Å²) in [5.41, 5.74) is -0.597. The molecule has 0 saturated heterocycles. The number of nitrogens with zero attached hydrogens (tertiary/aromatic N) is 1. The minimum Gasteiger partial charge on any atom is -0.479 e. The molecule has 100 valence electrons. The van der Waals surface area contributed by atoms with Crippen molar-refractivity contribution in [3.8, 4) is 5.75 Å². The van der Waals surface area contributed by atoms with Gasteiger partial charge in [0, 0.05) is 6.07 Å². The first-order chi connectivity index (χ1) is 8.19. The predicted octanol–water partition coefficient (Wildman–Crippen LogP) is 3.20. The second-order valence-corrected chi connectivity index (χ2v) is 5.80. The molecule has 1 aromatic heterocycles. The summed E-state index contributed by atoms with van der Waals surface area (Å²) in [4.78, 5) is 15.1. The molecule has 1 rings (SSSR count). The monoisotopic (exact) mass is 387 g/mol. The van der Waals surface area contributed by atoms with Crippen molar-refractivity contribution in [2.24, 2.45) is 0 Å². The van der Waals surface area contributed by atoms with E-state index in [1.807, 2.05) is 0 Å². The zero-order chi connectivity index (χ0) is 13.9. The van der Waals surface area contributed by atoms with Crippen LogP contribution in [-0.4, -0.2) is 23.2 Å². The molecule has 0 unspecified atom stereocenters. The Kier molecular flexibility index (Phi) is 5.15. The summed E-state index contributed by atoms with van der Waals surface area (Å²) in [6, 6.07) is 1.08. The van der Waals surface area contributed by atoms with E-state index in [-0.39, 0.29) is 21.2 Å². The van der Waals surface area contributed by atoms with Gasteiger partial charge in [-0.05, 0) is 43.4 Å². The molecule has 7 heteroatoms. The standard InChI is InChI=1S/C11H12ClFINO3/c1-11(2,3)18-8(16)5-17-7-4-6(13)10(14)15-9(7)12/h4H,5H2,1-3H3. The highest BCUT2D eigenvalue weighted by molar-refractivity contribution is 14.1. The molecule has 0 amide bonds. The summed E-state index contributed by atoms with van der Waals surface area (Å²) in [7, 11) is 0. The van der Waals surface area contributed by atoms with Crippen LogP contribution in [0.1, 0.15) is 20.8 Å². The van der Waals surface area contributed by atoms with Gasteiger partial charge in [0.2, 0.25) is 0 Å². The number of esters is 1. The Morgan fingerprint density at radius 2 is 2.17 bits per heavy atom. The third kappa shape index (κ3) is 4.93. The van der Waals surface area contributed by atoms with E-state index in [2.05, 4.69) is 4.98 Å². The highest BCUT2D eigenvalue weighted by atomic mass is 127. The molecule has 0 saturated carbocycles. The van der Waals surface area contributed by atoms with Crippen LogP contribution in [0.2, 0.25) is 5.15 Å². The van der Waals surface area contributed by atoms with E-state index < -0.39 is 17.4 Å². The average molecular weight is 388 g/mol. The largest absolute Gasteiger partial charge is 0.479 e. The van der Waals surface area contributed by atoms with E-state index >= 15 is 0 Å². The second kappa shape index (κ2) is 6.01. The third-order valence-electron chi connectivity index (χ3n) is 1.62. The zero-order valence-electron chi connectivity index (χ0n) is 10.1. The maximum absolute atomic E-state index is 13.2. The van der Waals surface area contributed by atoms with Crippen molar-refractivity contribution >= 4 is 40.2 Å². The molecule has 0 spiro atoms. The molecule has 0 aliphatic rings. The second-order valence-electron chi connectivity index (χ2n) is 4.43. The van der Waals surface area contributed by atoms with Crippen molar-refractivity contribution in [1.82, 2.24) is 4.98 Å². The number of hydrogen-bond acceptors (Lipinski definition) is 4. The number of pyridine rings is 1. The minimum atomic E-state index is -0.597. The van der Waals surface area contributed by atoms with Crippen LogP contribution in [0, 0.1) is 9.52 Å². The van der Waals surface area contributed by atoms with E-state index in [1.165, 1.54) is 0 Å². The lowest BCUT2D eigenvalue weighted by Gasteiger charge is -2.19. The van der Waals surface area contributed by atoms with Gasteiger partial charge in [0.05, 0.1) is 0 Å². The van der Waals surface area contributed by atoms with Crippen molar-refractivity contribution in [2.75, 3.05) is 6.61 Å². The minimum absolute atomic E-state index is 0.00404. The van der Waals surface area contributed by atoms with Crippen molar-refractivity contribution in [2.45, 2.75) is 26.4 Å². The molecule has 0 aromatic carbocycles. The first-order valence-corrected chi connectivity index (χ1v) is 6.51. The Bertz CT molecular complexity index is 462. The summed E-state index contributed by atoms with van der Waals surface area (Å²) >= 11 is 7.47. The van der Waals surface area contributed by atoms with Crippen molar-refractivity contribution in [3.63, 3.8) is 0 Å². The van der Waals surface area contributed by atoms with Crippen LogP contribution in [-0.2, 0) is 9.53 Å². The van der Waals surface area contributed by atoms with Gasteiger partial charge in [-0.25, -0.2) is 14.2 Å². The summed E-state index contributed by atoms with van der Waals surface area (Å²) < 4.78 is 23.5. The van der Waals surface area contributed by atoms with Gasteiger partial charge in [-0.15, -0.1) is 0 Å². The van der Waals surface area contributed by atoms with Crippen LogP contribution >= 0.6 is 34.2 Å². The number of rotatable bonds is 3. The molecule has 0 fully saturated rings. The van der Waals surface area contributed by atoms with Gasteiger partial charge in [0.1, 0.15) is 9.30 Å². The lowest BCUT2D eigenvalue weighted by atomic mass is 10.2. The van der Waals surface area contributed by atoms with Crippen LogP contribution in [0.3, 0.4) is 0 Å². The molecular formula is C11H12ClFINO3. The van der Waals surface area contributed by atoms with Crippen molar-refractivity contribution < 1.29 is 18.7 Å². The average Bonchev–Trinajstić information content (AvgIpc) is 2.19. The predicted molar refractivity (Wildman–Crippen MR) is 73.3 cm³/mol. The highest BCUT2D eigenvalue weighted by Gasteiger charge is 2.17. The van der Waals surface area contributed by atoms with Crippen LogP contribution in [0.25, 0.3) is 0 Å². The molecular weight excluding hydrogens is 375 g/mol. The Labute approximate surface area is 123 Å². The Morgan fingerprint density at radius 1 is 1.56 bits per heavy atom. The quantitative estimate of drug-likeness (QED) is 0.454. The number of hydrogen-bond donors (Lipinski definition) is 0. The van der Waals surface area contributed by atoms with Gasteiger partial charge in [0.25, 0.3) is 0 Å². The molecule has 1 heterocycles. The fourth-order valence-electron chi connectivity index (χ4n) is 1.04. The van der Waals surface area contributed by atoms with Crippen LogP contribution in [0.5, 0.6) is 5.75 Å². The fourth-order valence-corrected chi connectivity index (χ4v) is 1.77. The van der Waals surface area contributed by atoms with Gasteiger partial charge in [-0.1, -0.05) is 11.6 Å². The van der Waals surface area contributed by atoms with Crippen LogP contribution in [0.4, 0.5) is 4.39 Å². The Morgan fingerprint density at radius 3 is 2.72 bits per heavy atom. The molecule has 0 bridgehead atoms. The maximum atomic E-state index is 13.2. The zero-order valence-corrected chi connectivity index (χ0v) is 13.0. The highest BCUT2D eigenvalue weighted by Crippen LogP contribution is 2.25. The molecule has 1 aromatic rings. The van der Waals surface area contributed by atoms with E-state index in [1.54, 1.807) is 43.4 Å². The van der Waals surface area contributed by atoms with E-state index in [0.717, 1.165) is 6.07 Å². The van der Waals surface area contributed by atoms with Gasteiger partial charge < -0.3 is 9.47 Å². The summed E-state index contributed by atoms with van der Waals surface area (Å²) in [5.74, 6) is -1.10. The molecule has 18 heavy (non-hydrogen) atoms. The molecule has 4 nitrogen and oxygen atoms in total. The van der Waals surface area contributed by atoms with Gasteiger partial charge >= 0.3 is 5.97 Å². The topological polar surface area (TPSA) is 48.4 Å². The summed E-state index contributed by atoms with van der Waals surface area (Å²) in [6.07, 6.45) is 0. The lowest BCUT2D eigenvalue weighted by molar-refractivity contribution is -0.157. The fraction of sp³-hybridized carbons (Fsp3) is 0.455. The van der Waals surface area contributed by atoms with Crippen LogP contribution < -0.4 is 4.74 Å². The lowest BCUT2D eigenvalue weighted by Crippen LogP contribution is -2.27. The van der Waals surface area contributed by atoms with Gasteiger partial charge in [-0.2, -0.15) is 0 Å². The Hall–Kier alpha value is -0.630. The maximum Gasteiger partial charge on any atom is 0.344 e. The summed E-state index contributed by atoms with van der Waals surface area (Å²) in [5, 5.41) is 0.00404. The number of carbonyl (C=O) groups is 1. The smallest absolute Gasteiger partial charge is 0.344 e. The van der Waals surface area contributed by atoms with Crippen molar-refractivity contribution in [1.29, 1.82) is 0 Å². The number of carbonyl (C=O) groups excluding carboxylic acids is 1. The summed E-state index contributed by atoms with van der Waals surface area (Å²) in [6.45, 7) is 4.87. The Balaban J connectivity index is 2.64. The van der Waals surface area contributed by atoms with Gasteiger partial charge in [0.15, 0.2) is 23.3 Å². The third-order valence-corrected chi connectivity index (χ3v) is 2.65. The first-order valence-electron chi connectivity index (χ1n) is 5.05. The van der Waals surface area contributed by atoms with E-state index in [0.29, 0.717) is 0 Å². The number of halogens is 3. The molecule has 0 aliphatic heterocycles. The first kappa shape index (κ1) is 15.4. The SMILES string of the molecule is CC(C)(C)OC(=O)COc1cc(F)c(I)nc1Cl. The van der Waals surface area contributed by atoms with Crippen LogP contribution in [0.15, 0.2) is 6.07 Å². The number of aromatic nitrogens is 1. The number of ether oxygens (including phenoxy) is 2. The van der Waals surface area contributed by atoms with Gasteiger partial charge in [-0.3, -0.25) is 0 Å². The van der Waals surface area contributed by atoms with E-state index in [9.17, 15) is 9.18 Å². The molecule has 0 N–H and O–H groups in total.